The van der Waals surface area contributed by atoms with E-state index in [4.69, 9.17) is 0 Å². The molecule has 1 N–H and O–H groups in total. The zero-order valence-corrected chi connectivity index (χ0v) is 14.7. The van der Waals surface area contributed by atoms with Crippen molar-refractivity contribution < 1.29 is 14.7 Å². The Morgan fingerprint density at radius 3 is 2.80 bits per heavy atom. The van der Waals surface area contributed by atoms with Gasteiger partial charge in [-0.1, -0.05) is 24.3 Å². The number of hydrogen-bond acceptors (Lipinski definition) is 5. The molecule has 2 aromatic heterocycles. The van der Waals surface area contributed by atoms with Crippen LogP contribution in [0.2, 0.25) is 0 Å². The third kappa shape index (κ3) is 2.96. The number of carbonyl (C=O) groups is 2. The Labute approximate surface area is 152 Å². The maximum Gasteiger partial charge on any atom is 0.312 e. The summed E-state index contributed by atoms with van der Waals surface area (Å²) < 4.78 is 0. The number of nitrogens with zero attached hydrogens (tertiary/aromatic N) is 2. The minimum Gasteiger partial charge on any atom is -0.481 e. The smallest absolute Gasteiger partial charge is 0.312 e. The van der Waals surface area contributed by atoms with Crippen molar-refractivity contribution in [3.05, 3.63) is 58.4 Å². The molecule has 3 heterocycles. The number of carbonyl (C=O) groups excluding carboxylic acids is 1. The summed E-state index contributed by atoms with van der Waals surface area (Å²) in [7, 11) is 0. The van der Waals surface area contributed by atoms with Crippen LogP contribution in [-0.2, 0) is 16.0 Å². The first kappa shape index (κ1) is 16.0. The highest BCUT2D eigenvalue weighted by Gasteiger charge is 2.36. The predicted molar refractivity (Wildman–Crippen MR) is 98.3 cm³/mol. The number of amides is 1. The lowest BCUT2D eigenvalue weighted by atomic mass is 10.0. The van der Waals surface area contributed by atoms with Crippen molar-refractivity contribution in [2.75, 3.05) is 11.4 Å². The van der Waals surface area contributed by atoms with Crippen LogP contribution in [0.5, 0.6) is 0 Å². The second kappa shape index (κ2) is 6.42. The molecule has 7 heteroatoms. The minimum atomic E-state index is -0.906. The lowest BCUT2D eigenvalue weighted by Gasteiger charge is -2.16. The number of aliphatic carboxylic acids is 1. The summed E-state index contributed by atoms with van der Waals surface area (Å²) in [4.78, 5) is 31.4. The topological polar surface area (TPSA) is 70.5 Å². The second-order valence-corrected chi connectivity index (χ2v) is 7.56. The third-order valence-electron chi connectivity index (χ3n) is 4.18. The number of anilines is 1. The average Bonchev–Trinajstić information content (AvgIpc) is 3.33. The number of carboxylic acids is 1. The standard InChI is InChI=1S/C18H14N2O3S2/c21-16(8-11-10-25-17(19-11)15-6-3-7-24-15)20-9-13(18(22)23)12-4-1-2-5-14(12)20/h1-7,10,13H,8-9H2,(H,22,23)/t13-/m0/s1. The van der Waals surface area contributed by atoms with Gasteiger partial charge in [0.2, 0.25) is 5.91 Å². The quantitative estimate of drug-likeness (QED) is 0.761. The van der Waals surface area contributed by atoms with Crippen LogP contribution < -0.4 is 4.90 Å². The number of hydrogen-bond donors (Lipinski definition) is 1. The number of fused-ring (bicyclic) bond motifs is 1. The van der Waals surface area contributed by atoms with E-state index in [0.717, 1.165) is 15.6 Å². The van der Waals surface area contributed by atoms with E-state index in [-0.39, 0.29) is 18.9 Å². The van der Waals surface area contributed by atoms with Gasteiger partial charge in [-0.3, -0.25) is 9.59 Å². The number of aromatic nitrogens is 1. The molecule has 1 amide bonds. The molecule has 1 atom stereocenters. The van der Waals surface area contributed by atoms with Gasteiger partial charge < -0.3 is 10.0 Å². The minimum absolute atomic E-state index is 0.126. The average molecular weight is 370 g/mol. The number of para-hydroxylation sites is 1. The van der Waals surface area contributed by atoms with Crippen molar-refractivity contribution in [2.45, 2.75) is 12.3 Å². The molecule has 25 heavy (non-hydrogen) atoms. The number of benzene rings is 1. The molecule has 0 aliphatic carbocycles. The van der Waals surface area contributed by atoms with Gasteiger partial charge in [-0.2, -0.15) is 0 Å². The molecule has 0 unspecified atom stereocenters. The summed E-state index contributed by atoms with van der Waals surface area (Å²) in [5.41, 5.74) is 2.10. The number of thiazole rings is 1. The van der Waals surface area contributed by atoms with Gasteiger partial charge in [0.1, 0.15) is 10.9 Å². The number of thiophene rings is 1. The van der Waals surface area contributed by atoms with E-state index in [1.54, 1.807) is 34.4 Å². The highest BCUT2D eigenvalue weighted by Crippen LogP contribution is 2.36. The van der Waals surface area contributed by atoms with Gasteiger partial charge in [-0.25, -0.2) is 4.98 Å². The molecule has 0 saturated carbocycles. The van der Waals surface area contributed by atoms with Crippen LogP contribution in [0.15, 0.2) is 47.2 Å². The van der Waals surface area contributed by atoms with Crippen molar-refractivity contribution in [1.82, 2.24) is 4.98 Å². The Hall–Kier alpha value is -2.51. The fraction of sp³-hybridized carbons (Fsp3) is 0.167. The maximum absolute atomic E-state index is 12.7. The summed E-state index contributed by atoms with van der Waals surface area (Å²) in [6.45, 7) is 0.176. The van der Waals surface area contributed by atoms with E-state index in [9.17, 15) is 14.7 Å². The van der Waals surface area contributed by atoms with Gasteiger partial charge in [-0.15, -0.1) is 22.7 Å². The van der Waals surface area contributed by atoms with Crippen LogP contribution in [0.1, 0.15) is 17.2 Å². The van der Waals surface area contributed by atoms with Crippen molar-refractivity contribution in [3.8, 4) is 9.88 Å². The normalized spacial score (nSPS) is 16.0. The Balaban J connectivity index is 1.55. The van der Waals surface area contributed by atoms with E-state index in [1.807, 2.05) is 29.0 Å². The molecule has 0 radical (unpaired) electrons. The molecule has 5 nitrogen and oxygen atoms in total. The Kier molecular flexibility index (Phi) is 4.10. The Bertz CT molecular complexity index is 933. The van der Waals surface area contributed by atoms with Crippen LogP contribution in [0.3, 0.4) is 0 Å². The molecule has 4 rings (SSSR count). The molecule has 0 fully saturated rings. The zero-order valence-electron chi connectivity index (χ0n) is 13.1. The van der Waals surface area contributed by atoms with Gasteiger partial charge in [0.15, 0.2) is 0 Å². The lowest BCUT2D eigenvalue weighted by Crippen LogP contribution is -2.32. The number of carboxylic acid groups (broad SMARTS) is 1. The SMILES string of the molecule is O=C(O)[C@H]1CN(C(=O)Cc2csc(-c3cccs3)n2)c2ccccc21. The van der Waals surface area contributed by atoms with Crippen molar-refractivity contribution >= 4 is 40.2 Å². The van der Waals surface area contributed by atoms with Crippen LogP contribution in [-0.4, -0.2) is 28.5 Å². The number of rotatable bonds is 4. The first-order valence-corrected chi connectivity index (χ1v) is 9.50. The molecule has 1 aliphatic heterocycles. The summed E-state index contributed by atoms with van der Waals surface area (Å²) in [5, 5.41) is 14.2. The van der Waals surface area contributed by atoms with Crippen molar-refractivity contribution in [3.63, 3.8) is 0 Å². The van der Waals surface area contributed by atoms with E-state index in [2.05, 4.69) is 4.98 Å². The fourth-order valence-corrected chi connectivity index (χ4v) is 4.64. The molecule has 0 bridgehead atoms. The van der Waals surface area contributed by atoms with Crippen LogP contribution in [0.4, 0.5) is 5.69 Å². The highest BCUT2D eigenvalue weighted by molar-refractivity contribution is 7.20. The summed E-state index contributed by atoms with van der Waals surface area (Å²) in [5.74, 6) is -1.70. The molecule has 1 aliphatic rings. The van der Waals surface area contributed by atoms with Crippen LogP contribution in [0.25, 0.3) is 9.88 Å². The summed E-state index contributed by atoms with van der Waals surface area (Å²) >= 11 is 3.13. The van der Waals surface area contributed by atoms with Crippen LogP contribution in [0, 0.1) is 0 Å². The van der Waals surface area contributed by atoms with E-state index >= 15 is 0 Å². The van der Waals surface area contributed by atoms with Gasteiger partial charge in [0, 0.05) is 17.6 Å². The monoisotopic (exact) mass is 370 g/mol. The predicted octanol–water partition coefficient (Wildman–Crippen LogP) is 3.63. The van der Waals surface area contributed by atoms with Gasteiger partial charge >= 0.3 is 5.97 Å². The third-order valence-corrected chi connectivity index (χ3v) is 6.11. The summed E-state index contributed by atoms with van der Waals surface area (Å²) in [6, 6.07) is 11.2. The van der Waals surface area contributed by atoms with E-state index in [1.165, 1.54) is 11.3 Å². The van der Waals surface area contributed by atoms with Crippen molar-refractivity contribution in [2.24, 2.45) is 0 Å². The molecule has 1 aromatic carbocycles. The van der Waals surface area contributed by atoms with E-state index in [0.29, 0.717) is 11.3 Å². The van der Waals surface area contributed by atoms with Gasteiger partial charge in [-0.05, 0) is 23.1 Å². The molecule has 0 spiro atoms. The molecular weight excluding hydrogens is 356 g/mol. The van der Waals surface area contributed by atoms with Crippen molar-refractivity contribution in [1.29, 1.82) is 0 Å². The molecular formula is C18H14N2O3S2. The van der Waals surface area contributed by atoms with Gasteiger partial charge in [0.05, 0.1) is 17.0 Å². The Morgan fingerprint density at radius 2 is 2.04 bits per heavy atom. The molecule has 0 saturated heterocycles. The van der Waals surface area contributed by atoms with Gasteiger partial charge in [0.25, 0.3) is 0 Å². The van der Waals surface area contributed by atoms with Crippen LogP contribution >= 0.6 is 22.7 Å². The molecule has 3 aromatic rings. The second-order valence-electron chi connectivity index (χ2n) is 5.75. The first-order valence-electron chi connectivity index (χ1n) is 7.74. The van der Waals surface area contributed by atoms with E-state index < -0.39 is 11.9 Å². The first-order chi connectivity index (χ1) is 12.1. The lowest BCUT2D eigenvalue weighted by molar-refractivity contribution is -0.138. The Morgan fingerprint density at radius 1 is 1.20 bits per heavy atom. The maximum atomic E-state index is 12.7. The fourth-order valence-electron chi connectivity index (χ4n) is 3.01. The zero-order chi connectivity index (χ0) is 17.4. The largest absolute Gasteiger partial charge is 0.481 e. The summed E-state index contributed by atoms with van der Waals surface area (Å²) in [6.07, 6.45) is 0.169. The molecule has 126 valence electrons. The highest BCUT2D eigenvalue weighted by atomic mass is 32.1.